The van der Waals surface area contributed by atoms with Crippen LogP contribution in [0.2, 0.25) is 0 Å². The van der Waals surface area contributed by atoms with Crippen molar-refractivity contribution in [3.63, 3.8) is 0 Å². The van der Waals surface area contributed by atoms with E-state index in [1.165, 1.54) is 0 Å². The lowest BCUT2D eigenvalue weighted by molar-refractivity contribution is 0.0762. The average molecular weight is 314 g/mol. The number of hydrogen-bond donors (Lipinski definition) is 1. The fraction of sp³-hybridized carbons (Fsp3) is 0.500. The molecule has 0 saturated heterocycles. The molecule has 1 N–H and O–H groups in total. The van der Waals surface area contributed by atoms with Gasteiger partial charge in [-0.25, -0.2) is 17.5 Å². The predicted molar refractivity (Wildman–Crippen MR) is 76.6 cm³/mol. The molecule has 0 fully saturated rings. The van der Waals surface area contributed by atoms with Gasteiger partial charge in [-0.2, -0.15) is 5.26 Å². The third-order valence-electron chi connectivity index (χ3n) is 2.68. The van der Waals surface area contributed by atoms with Crippen molar-refractivity contribution >= 4 is 10.0 Å². The zero-order valence-electron chi connectivity index (χ0n) is 12.1. The highest BCUT2D eigenvalue weighted by Crippen LogP contribution is 2.14. The summed E-state index contributed by atoms with van der Waals surface area (Å²) < 4.78 is 44.9. The van der Waals surface area contributed by atoms with E-state index >= 15 is 0 Å². The van der Waals surface area contributed by atoms with Crippen molar-refractivity contribution in [3.8, 4) is 6.07 Å². The van der Waals surface area contributed by atoms with E-state index in [4.69, 9.17) is 10.00 Å². The van der Waals surface area contributed by atoms with E-state index < -0.39 is 15.8 Å². The molecule has 0 aliphatic rings. The average Bonchev–Trinajstić information content (AvgIpc) is 2.42. The van der Waals surface area contributed by atoms with Crippen LogP contribution in [-0.4, -0.2) is 27.7 Å². The van der Waals surface area contributed by atoms with Crippen LogP contribution < -0.4 is 4.72 Å². The van der Waals surface area contributed by atoms with E-state index in [0.29, 0.717) is 13.0 Å². The predicted octanol–water partition coefficient (Wildman–Crippen LogP) is 2.18. The molecule has 0 atom stereocenters. The second kappa shape index (κ2) is 8.08. The van der Waals surface area contributed by atoms with Crippen LogP contribution in [-0.2, 0) is 14.8 Å². The van der Waals surface area contributed by atoms with Gasteiger partial charge in [0.15, 0.2) is 0 Å². The molecule has 0 aliphatic carbocycles. The molecule has 0 aliphatic heterocycles. The summed E-state index contributed by atoms with van der Waals surface area (Å²) in [4.78, 5) is -0.112. The van der Waals surface area contributed by atoms with Gasteiger partial charge in [-0.3, -0.25) is 0 Å². The summed E-state index contributed by atoms with van der Waals surface area (Å²) >= 11 is 0. The van der Waals surface area contributed by atoms with Gasteiger partial charge < -0.3 is 4.74 Å². The summed E-state index contributed by atoms with van der Waals surface area (Å²) in [7, 11) is -3.72. The highest BCUT2D eigenvalue weighted by molar-refractivity contribution is 7.89. The molecule has 1 aromatic rings. The molecule has 0 heterocycles. The summed E-state index contributed by atoms with van der Waals surface area (Å²) in [5.74, 6) is -0.734. The van der Waals surface area contributed by atoms with Crippen molar-refractivity contribution in [2.75, 3.05) is 13.2 Å². The molecule has 0 amide bonds. The van der Waals surface area contributed by atoms with Gasteiger partial charge in [0.25, 0.3) is 0 Å². The molecule has 7 heteroatoms. The lowest BCUT2D eigenvalue weighted by Gasteiger charge is -2.09. The summed E-state index contributed by atoms with van der Waals surface area (Å²) in [6.07, 6.45) is 1.54. The molecule has 0 bridgehead atoms. The molecule has 0 radical (unpaired) electrons. The Morgan fingerprint density at radius 2 is 2.10 bits per heavy atom. The molecule has 0 saturated carbocycles. The number of rotatable bonds is 8. The summed E-state index contributed by atoms with van der Waals surface area (Å²) in [5, 5.41) is 8.71. The minimum Gasteiger partial charge on any atom is -0.379 e. The van der Waals surface area contributed by atoms with Crippen LogP contribution in [0, 0.1) is 17.1 Å². The number of hydrogen-bond acceptors (Lipinski definition) is 4. The highest BCUT2D eigenvalue weighted by atomic mass is 32.2. The van der Waals surface area contributed by atoms with Crippen LogP contribution in [0.25, 0.3) is 0 Å². The Kier molecular flexibility index (Phi) is 6.75. The number of ether oxygens (including phenoxy) is 1. The van der Waals surface area contributed by atoms with Gasteiger partial charge >= 0.3 is 0 Å². The number of benzene rings is 1. The summed E-state index contributed by atoms with van der Waals surface area (Å²) in [6, 6.07) is 4.76. The van der Waals surface area contributed by atoms with E-state index in [1.807, 2.05) is 13.8 Å². The zero-order valence-corrected chi connectivity index (χ0v) is 12.9. The first-order valence-corrected chi connectivity index (χ1v) is 8.16. The van der Waals surface area contributed by atoms with Crippen molar-refractivity contribution in [2.45, 2.75) is 37.7 Å². The van der Waals surface area contributed by atoms with Crippen LogP contribution in [0.3, 0.4) is 0 Å². The Morgan fingerprint density at radius 3 is 2.71 bits per heavy atom. The number of sulfonamides is 1. The maximum Gasteiger partial charge on any atom is 0.240 e. The van der Waals surface area contributed by atoms with Crippen molar-refractivity contribution < 1.29 is 17.5 Å². The lowest BCUT2D eigenvalue weighted by atomic mass is 10.2. The van der Waals surface area contributed by atoms with Gasteiger partial charge in [0.05, 0.1) is 16.6 Å². The minimum atomic E-state index is -3.72. The van der Waals surface area contributed by atoms with Crippen molar-refractivity contribution in [1.82, 2.24) is 4.72 Å². The molecular weight excluding hydrogens is 295 g/mol. The first-order chi connectivity index (χ1) is 9.86. The SMILES string of the molecule is CC(C)OCCCCNS(=O)(=O)c1ccc(F)c(C#N)c1. The summed E-state index contributed by atoms with van der Waals surface area (Å²) in [6.45, 7) is 4.71. The molecule has 1 aromatic carbocycles. The van der Waals surface area contributed by atoms with Crippen LogP contribution in [0.15, 0.2) is 23.1 Å². The summed E-state index contributed by atoms with van der Waals surface area (Å²) in [5.41, 5.74) is -0.289. The van der Waals surface area contributed by atoms with Crippen LogP contribution in [0.4, 0.5) is 4.39 Å². The number of nitrogens with one attached hydrogen (secondary N) is 1. The second-order valence-electron chi connectivity index (χ2n) is 4.78. The fourth-order valence-electron chi connectivity index (χ4n) is 1.59. The quantitative estimate of drug-likeness (QED) is 0.746. The first-order valence-electron chi connectivity index (χ1n) is 6.67. The third-order valence-corrected chi connectivity index (χ3v) is 4.14. The van der Waals surface area contributed by atoms with Gasteiger partial charge in [-0.05, 0) is 44.9 Å². The monoisotopic (exact) mass is 314 g/mol. The van der Waals surface area contributed by atoms with E-state index in [-0.39, 0.29) is 23.1 Å². The van der Waals surface area contributed by atoms with Crippen molar-refractivity contribution in [1.29, 1.82) is 5.26 Å². The largest absolute Gasteiger partial charge is 0.379 e. The molecule has 116 valence electrons. The molecule has 0 spiro atoms. The fourth-order valence-corrected chi connectivity index (χ4v) is 2.69. The maximum atomic E-state index is 13.2. The third kappa shape index (κ3) is 5.79. The standard InChI is InChI=1S/C14H19FN2O3S/c1-11(2)20-8-4-3-7-17-21(18,19)13-5-6-14(15)12(9-13)10-16/h5-6,9,11,17H,3-4,7-8H2,1-2H3. The maximum absolute atomic E-state index is 13.2. The molecule has 0 aromatic heterocycles. The van der Waals surface area contributed by atoms with Crippen LogP contribution >= 0.6 is 0 Å². The van der Waals surface area contributed by atoms with Gasteiger partial charge in [0.1, 0.15) is 11.9 Å². The van der Waals surface area contributed by atoms with Crippen molar-refractivity contribution in [2.24, 2.45) is 0 Å². The molecule has 1 rings (SSSR count). The number of nitriles is 1. The number of unbranched alkanes of at least 4 members (excludes halogenated alkanes) is 1. The number of halogens is 1. The number of nitrogens with zero attached hydrogens (tertiary/aromatic N) is 1. The Bertz CT molecular complexity index is 609. The van der Waals surface area contributed by atoms with E-state index in [2.05, 4.69) is 4.72 Å². The first kappa shape index (κ1) is 17.6. The van der Waals surface area contributed by atoms with Gasteiger partial charge in [0, 0.05) is 13.2 Å². The molecule has 0 unspecified atom stereocenters. The van der Waals surface area contributed by atoms with Crippen LogP contribution in [0.1, 0.15) is 32.3 Å². The van der Waals surface area contributed by atoms with Crippen molar-refractivity contribution in [3.05, 3.63) is 29.6 Å². The van der Waals surface area contributed by atoms with Gasteiger partial charge in [0.2, 0.25) is 10.0 Å². The Morgan fingerprint density at radius 1 is 1.38 bits per heavy atom. The van der Waals surface area contributed by atoms with E-state index in [0.717, 1.165) is 24.6 Å². The Labute approximate surface area is 124 Å². The highest BCUT2D eigenvalue weighted by Gasteiger charge is 2.15. The van der Waals surface area contributed by atoms with Crippen LogP contribution in [0.5, 0.6) is 0 Å². The Hall–Kier alpha value is -1.49. The van der Waals surface area contributed by atoms with E-state index in [1.54, 1.807) is 6.07 Å². The Balaban J connectivity index is 2.53. The molecular formula is C14H19FN2O3S. The molecule has 5 nitrogen and oxygen atoms in total. The molecule has 21 heavy (non-hydrogen) atoms. The normalized spacial score (nSPS) is 11.6. The van der Waals surface area contributed by atoms with Gasteiger partial charge in [-0.1, -0.05) is 0 Å². The second-order valence-corrected chi connectivity index (χ2v) is 6.54. The minimum absolute atomic E-state index is 0.112. The lowest BCUT2D eigenvalue weighted by Crippen LogP contribution is -2.25. The zero-order chi connectivity index (χ0) is 15.9. The van der Waals surface area contributed by atoms with Gasteiger partial charge in [-0.15, -0.1) is 0 Å². The van der Waals surface area contributed by atoms with E-state index in [9.17, 15) is 12.8 Å². The smallest absolute Gasteiger partial charge is 0.240 e. The topological polar surface area (TPSA) is 79.2 Å².